The summed E-state index contributed by atoms with van der Waals surface area (Å²) in [6.45, 7) is 3.69. The van der Waals surface area contributed by atoms with Crippen LogP contribution in [0.1, 0.15) is 36.8 Å². The molecule has 2 unspecified atom stereocenters. The predicted octanol–water partition coefficient (Wildman–Crippen LogP) is 2.80. The number of hydrogen-bond donors (Lipinski definition) is 2. The van der Waals surface area contributed by atoms with E-state index in [4.69, 9.17) is 5.26 Å². The van der Waals surface area contributed by atoms with Crippen LogP contribution in [0.4, 0.5) is 0 Å². The van der Waals surface area contributed by atoms with E-state index in [9.17, 15) is 0 Å². The number of rotatable bonds is 5. The highest BCUT2D eigenvalue weighted by Crippen LogP contribution is 2.22. The van der Waals surface area contributed by atoms with Crippen LogP contribution in [-0.2, 0) is 6.42 Å². The zero-order valence-corrected chi connectivity index (χ0v) is 13.5. The highest BCUT2D eigenvalue weighted by molar-refractivity contribution is 5.84. The Bertz CT molecular complexity index is 715. The second-order valence-electron chi connectivity index (χ2n) is 7.04. The number of nitriles is 1. The summed E-state index contributed by atoms with van der Waals surface area (Å²) in [5, 5.41) is 14.0. The molecule has 2 aromatic rings. The number of H-pyrrole nitrogens is 1. The number of fused-ring (bicyclic) bond motifs is 3. The molecule has 2 atom stereocenters. The van der Waals surface area contributed by atoms with Crippen molar-refractivity contribution in [3.05, 3.63) is 35.5 Å². The number of aromatic nitrogens is 1. The van der Waals surface area contributed by atoms with E-state index in [-0.39, 0.29) is 0 Å². The van der Waals surface area contributed by atoms with Crippen molar-refractivity contribution in [2.45, 2.75) is 44.2 Å². The predicted molar refractivity (Wildman–Crippen MR) is 92.3 cm³/mol. The molecule has 0 saturated carbocycles. The number of aromatic amines is 1. The van der Waals surface area contributed by atoms with Crippen molar-refractivity contribution < 1.29 is 0 Å². The Morgan fingerprint density at radius 3 is 2.78 bits per heavy atom. The van der Waals surface area contributed by atoms with Crippen LogP contribution in [-0.4, -0.2) is 41.6 Å². The van der Waals surface area contributed by atoms with Gasteiger partial charge in [-0.3, -0.25) is 0 Å². The van der Waals surface area contributed by atoms with Crippen LogP contribution in [0, 0.1) is 11.3 Å². The molecule has 2 fully saturated rings. The van der Waals surface area contributed by atoms with E-state index in [2.05, 4.69) is 27.5 Å². The fourth-order valence-corrected chi connectivity index (χ4v) is 4.18. The largest absolute Gasteiger partial charge is 0.361 e. The lowest BCUT2D eigenvalue weighted by atomic mass is 10.0. The Kier molecular flexibility index (Phi) is 4.07. The van der Waals surface area contributed by atoms with Gasteiger partial charge < -0.3 is 15.2 Å². The molecule has 2 saturated heterocycles. The van der Waals surface area contributed by atoms with Crippen molar-refractivity contribution >= 4 is 10.9 Å². The van der Waals surface area contributed by atoms with Gasteiger partial charge in [-0.05, 0) is 62.4 Å². The fraction of sp³-hybridized carbons (Fsp3) is 0.526. The topological polar surface area (TPSA) is 54.9 Å². The number of hydrogen-bond acceptors (Lipinski definition) is 3. The van der Waals surface area contributed by atoms with Crippen molar-refractivity contribution in [3.63, 3.8) is 0 Å². The molecule has 1 aromatic carbocycles. The Morgan fingerprint density at radius 2 is 2.00 bits per heavy atom. The minimum atomic E-state index is 0.742. The molecule has 4 heteroatoms. The van der Waals surface area contributed by atoms with Gasteiger partial charge in [-0.15, -0.1) is 0 Å². The number of nitrogens with one attached hydrogen (secondary N) is 2. The SMILES string of the molecule is N#Cc1ccc2[nH]cc(CCCCN3CC4CCC(C3)N4)c2c1. The van der Waals surface area contributed by atoms with Crippen molar-refractivity contribution in [1.82, 2.24) is 15.2 Å². The normalized spacial score (nSPS) is 24.1. The van der Waals surface area contributed by atoms with E-state index in [0.717, 1.165) is 29.6 Å². The van der Waals surface area contributed by atoms with Crippen LogP contribution in [0.3, 0.4) is 0 Å². The van der Waals surface area contributed by atoms with Gasteiger partial charge in [-0.2, -0.15) is 5.26 Å². The van der Waals surface area contributed by atoms with Gasteiger partial charge >= 0.3 is 0 Å². The van der Waals surface area contributed by atoms with E-state index >= 15 is 0 Å². The number of aryl methyl sites for hydroxylation is 1. The van der Waals surface area contributed by atoms with Gasteiger partial charge in [0, 0.05) is 42.3 Å². The summed E-state index contributed by atoms with van der Waals surface area (Å²) in [7, 11) is 0. The molecule has 0 spiro atoms. The van der Waals surface area contributed by atoms with Gasteiger partial charge in [0.15, 0.2) is 0 Å². The Hall–Kier alpha value is -1.83. The number of likely N-dealkylation sites (tertiary alicyclic amines) is 1. The lowest BCUT2D eigenvalue weighted by Crippen LogP contribution is -2.51. The fourth-order valence-electron chi connectivity index (χ4n) is 4.18. The maximum atomic E-state index is 9.06. The first kappa shape index (κ1) is 14.7. The summed E-state index contributed by atoms with van der Waals surface area (Å²) in [5.74, 6) is 0. The molecule has 4 nitrogen and oxygen atoms in total. The maximum Gasteiger partial charge on any atom is 0.0991 e. The monoisotopic (exact) mass is 308 g/mol. The molecule has 1 aromatic heterocycles. The Morgan fingerprint density at radius 1 is 1.17 bits per heavy atom. The quantitative estimate of drug-likeness (QED) is 0.835. The van der Waals surface area contributed by atoms with Crippen molar-refractivity contribution in [2.24, 2.45) is 0 Å². The zero-order chi connectivity index (χ0) is 15.6. The van der Waals surface area contributed by atoms with E-state index in [1.54, 1.807) is 0 Å². The maximum absolute atomic E-state index is 9.06. The van der Waals surface area contributed by atoms with Crippen LogP contribution in [0.25, 0.3) is 10.9 Å². The van der Waals surface area contributed by atoms with E-state index < -0.39 is 0 Å². The van der Waals surface area contributed by atoms with Crippen LogP contribution in [0.2, 0.25) is 0 Å². The van der Waals surface area contributed by atoms with Crippen molar-refractivity contribution in [1.29, 1.82) is 5.26 Å². The number of nitrogens with zero attached hydrogens (tertiary/aromatic N) is 2. The molecule has 2 aliphatic heterocycles. The third kappa shape index (κ3) is 3.12. The molecule has 3 heterocycles. The van der Waals surface area contributed by atoms with Crippen LogP contribution in [0.15, 0.2) is 24.4 Å². The van der Waals surface area contributed by atoms with Crippen molar-refractivity contribution in [3.8, 4) is 6.07 Å². The van der Waals surface area contributed by atoms with E-state index in [1.165, 1.54) is 56.3 Å². The van der Waals surface area contributed by atoms with E-state index in [1.807, 2.05) is 18.2 Å². The molecule has 2 N–H and O–H groups in total. The Balaban J connectivity index is 1.30. The minimum absolute atomic E-state index is 0.742. The smallest absolute Gasteiger partial charge is 0.0991 e. The average Bonchev–Trinajstić information content (AvgIpc) is 3.14. The third-order valence-corrected chi connectivity index (χ3v) is 5.36. The summed E-state index contributed by atoms with van der Waals surface area (Å²) >= 11 is 0. The second-order valence-corrected chi connectivity index (χ2v) is 7.04. The third-order valence-electron chi connectivity index (χ3n) is 5.36. The highest BCUT2D eigenvalue weighted by atomic mass is 15.2. The molecular weight excluding hydrogens is 284 g/mol. The molecule has 0 radical (unpaired) electrons. The molecule has 2 bridgehead atoms. The molecule has 23 heavy (non-hydrogen) atoms. The standard InChI is InChI=1S/C19H24N4/c20-10-14-4-7-19-18(9-14)15(11-21-19)3-1-2-8-23-12-16-5-6-17(13-23)22-16/h4,7,9,11,16-17,21-22H,1-3,5-6,8,12-13H2. The van der Waals surface area contributed by atoms with Gasteiger partial charge in [0.25, 0.3) is 0 Å². The van der Waals surface area contributed by atoms with Crippen molar-refractivity contribution in [2.75, 3.05) is 19.6 Å². The van der Waals surface area contributed by atoms with Gasteiger partial charge in [0.2, 0.25) is 0 Å². The molecule has 120 valence electrons. The summed E-state index contributed by atoms with van der Waals surface area (Å²) in [4.78, 5) is 5.96. The average molecular weight is 308 g/mol. The Labute approximate surface area is 137 Å². The summed E-state index contributed by atoms with van der Waals surface area (Å²) in [6.07, 6.45) is 8.38. The second kappa shape index (κ2) is 6.35. The number of unbranched alkanes of at least 4 members (excludes halogenated alkanes) is 1. The molecule has 2 aliphatic rings. The first-order chi connectivity index (χ1) is 11.3. The van der Waals surface area contributed by atoms with Crippen LogP contribution in [0.5, 0.6) is 0 Å². The minimum Gasteiger partial charge on any atom is -0.361 e. The molecule has 0 amide bonds. The number of benzene rings is 1. The molecule has 4 rings (SSSR count). The summed E-state index contributed by atoms with van der Waals surface area (Å²) in [6, 6.07) is 9.61. The lowest BCUT2D eigenvalue weighted by Gasteiger charge is -2.32. The van der Waals surface area contributed by atoms with E-state index in [0.29, 0.717) is 0 Å². The summed E-state index contributed by atoms with van der Waals surface area (Å²) < 4.78 is 0. The van der Waals surface area contributed by atoms with Gasteiger partial charge in [0.1, 0.15) is 0 Å². The molecule has 0 aliphatic carbocycles. The lowest BCUT2D eigenvalue weighted by molar-refractivity contribution is 0.193. The number of piperazine rings is 1. The van der Waals surface area contributed by atoms with Gasteiger partial charge in [-0.25, -0.2) is 0 Å². The molecular formula is C19H24N4. The highest BCUT2D eigenvalue weighted by Gasteiger charge is 2.31. The van der Waals surface area contributed by atoms with Crippen LogP contribution < -0.4 is 5.32 Å². The van der Waals surface area contributed by atoms with Gasteiger partial charge in [-0.1, -0.05) is 0 Å². The summed E-state index contributed by atoms with van der Waals surface area (Å²) in [5.41, 5.74) is 3.23. The first-order valence-electron chi connectivity index (χ1n) is 8.80. The first-order valence-corrected chi connectivity index (χ1v) is 8.80. The zero-order valence-electron chi connectivity index (χ0n) is 13.5. The van der Waals surface area contributed by atoms with Gasteiger partial charge in [0.05, 0.1) is 11.6 Å². The van der Waals surface area contributed by atoms with Crippen LogP contribution >= 0.6 is 0 Å².